The van der Waals surface area contributed by atoms with E-state index in [0.717, 1.165) is 18.5 Å². The third-order valence-corrected chi connectivity index (χ3v) is 3.07. The van der Waals surface area contributed by atoms with Gasteiger partial charge < -0.3 is 10.4 Å². The van der Waals surface area contributed by atoms with E-state index in [1.54, 1.807) is 0 Å². The molecule has 1 unspecified atom stereocenters. The normalized spacial score (nSPS) is 14.3. The fourth-order valence-electron chi connectivity index (χ4n) is 2.07. The van der Waals surface area contributed by atoms with Gasteiger partial charge in [0, 0.05) is 0 Å². The van der Waals surface area contributed by atoms with Crippen molar-refractivity contribution in [3.8, 4) is 0 Å². The molecular weight excluding hydrogens is 214 g/mol. The van der Waals surface area contributed by atoms with Crippen LogP contribution in [0.3, 0.4) is 0 Å². The Morgan fingerprint density at radius 2 is 1.88 bits per heavy atom. The van der Waals surface area contributed by atoms with Crippen molar-refractivity contribution >= 4 is 5.97 Å². The molecule has 0 aliphatic carbocycles. The lowest BCUT2D eigenvalue weighted by Gasteiger charge is -2.29. The van der Waals surface area contributed by atoms with Gasteiger partial charge in [0.25, 0.3) is 0 Å². The van der Waals surface area contributed by atoms with Crippen LogP contribution in [0.4, 0.5) is 0 Å². The second kappa shape index (κ2) is 5.82. The van der Waals surface area contributed by atoms with Gasteiger partial charge >= 0.3 is 5.97 Å². The molecule has 0 aliphatic rings. The van der Waals surface area contributed by atoms with Crippen LogP contribution in [0.1, 0.15) is 38.3 Å². The maximum Gasteiger partial charge on any atom is 0.305 e. The summed E-state index contributed by atoms with van der Waals surface area (Å²) in [6.07, 6.45) is 1.09. The standard InChI is InChI=1S/C14H21NO2/c1-4-11-6-8-12(9-7-11)14(3,15-5-2)10-13(16)17/h6-9,15H,4-5,10H2,1-3H3,(H,16,17). The zero-order chi connectivity index (χ0) is 12.9. The van der Waals surface area contributed by atoms with Gasteiger partial charge in [-0.2, -0.15) is 0 Å². The summed E-state index contributed by atoms with van der Waals surface area (Å²) in [5, 5.41) is 12.3. The Bertz CT molecular complexity index is 372. The quantitative estimate of drug-likeness (QED) is 0.796. The Hall–Kier alpha value is -1.35. The summed E-state index contributed by atoms with van der Waals surface area (Å²) in [5.74, 6) is -0.784. The molecule has 0 fully saturated rings. The van der Waals surface area contributed by atoms with Gasteiger partial charge in [-0.05, 0) is 31.0 Å². The van der Waals surface area contributed by atoms with Gasteiger partial charge in [-0.25, -0.2) is 0 Å². The largest absolute Gasteiger partial charge is 0.481 e. The van der Waals surface area contributed by atoms with Crippen LogP contribution in [0.5, 0.6) is 0 Å². The first-order valence-electron chi connectivity index (χ1n) is 6.08. The van der Waals surface area contributed by atoms with Gasteiger partial charge in [0.15, 0.2) is 0 Å². The monoisotopic (exact) mass is 235 g/mol. The van der Waals surface area contributed by atoms with Crippen LogP contribution in [0.15, 0.2) is 24.3 Å². The summed E-state index contributed by atoms with van der Waals surface area (Å²) in [6, 6.07) is 8.16. The Kier molecular flexibility index (Phi) is 4.70. The Morgan fingerprint density at radius 3 is 2.29 bits per heavy atom. The third kappa shape index (κ3) is 3.56. The molecule has 2 N–H and O–H groups in total. The highest BCUT2D eigenvalue weighted by atomic mass is 16.4. The van der Waals surface area contributed by atoms with Crippen molar-refractivity contribution in [1.82, 2.24) is 5.32 Å². The van der Waals surface area contributed by atoms with Crippen molar-refractivity contribution in [2.45, 2.75) is 39.2 Å². The smallest absolute Gasteiger partial charge is 0.305 e. The summed E-state index contributed by atoms with van der Waals surface area (Å²) in [7, 11) is 0. The van der Waals surface area contributed by atoms with Crippen molar-refractivity contribution in [2.75, 3.05) is 6.54 Å². The van der Waals surface area contributed by atoms with E-state index in [4.69, 9.17) is 5.11 Å². The molecule has 0 spiro atoms. The molecule has 1 rings (SSSR count). The summed E-state index contributed by atoms with van der Waals surface area (Å²) in [4.78, 5) is 10.9. The van der Waals surface area contributed by atoms with Crippen molar-refractivity contribution < 1.29 is 9.90 Å². The lowest BCUT2D eigenvalue weighted by Crippen LogP contribution is -2.41. The molecule has 94 valence electrons. The summed E-state index contributed by atoms with van der Waals surface area (Å²) >= 11 is 0. The molecule has 1 aromatic carbocycles. The average Bonchev–Trinajstić information content (AvgIpc) is 2.28. The third-order valence-electron chi connectivity index (χ3n) is 3.07. The van der Waals surface area contributed by atoms with Crippen LogP contribution < -0.4 is 5.32 Å². The number of hydrogen-bond donors (Lipinski definition) is 2. The van der Waals surface area contributed by atoms with Crippen LogP contribution in [0.2, 0.25) is 0 Å². The number of carbonyl (C=O) groups is 1. The second-order valence-corrected chi connectivity index (χ2v) is 4.48. The van der Waals surface area contributed by atoms with Crippen LogP contribution in [0, 0.1) is 0 Å². The number of benzene rings is 1. The van der Waals surface area contributed by atoms with Gasteiger partial charge in [0.1, 0.15) is 0 Å². The van der Waals surface area contributed by atoms with Crippen LogP contribution in [-0.2, 0) is 16.8 Å². The molecule has 0 aliphatic heterocycles. The van der Waals surface area contributed by atoms with Gasteiger partial charge in [-0.3, -0.25) is 4.79 Å². The maximum absolute atomic E-state index is 10.9. The van der Waals surface area contributed by atoms with E-state index < -0.39 is 11.5 Å². The molecule has 0 saturated heterocycles. The number of rotatable bonds is 6. The first kappa shape index (κ1) is 13.7. The highest BCUT2D eigenvalue weighted by Crippen LogP contribution is 2.25. The SMILES string of the molecule is CCNC(C)(CC(=O)O)c1ccc(CC)cc1. The molecule has 3 heteroatoms. The van der Waals surface area contributed by atoms with E-state index in [0.29, 0.717) is 0 Å². The van der Waals surface area contributed by atoms with Crippen LogP contribution >= 0.6 is 0 Å². The molecule has 0 aromatic heterocycles. The minimum Gasteiger partial charge on any atom is -0.481 e. The lowest BCUT2D eigenvalue weighted by molar-refractivity contribution is -0.138. The van der Waals surface area contributed by atoms with Crippen molar-refractivity contribution in [3.63, 3.8) is 0 Å². The zero-order valence-corrected chi connectivity index (χ0v) is 10.8. The molecule has 1 atom stereocenters. The molecule has 0 bridgehead atoms. The van der Waals surface area contributed by atoms with Gasteiger partial charge in [-0.15, -0.1) is 0 Å². The van der Waals surface area contributed by atoms with Crippen LogP contribution in [-0.4, -0.2) is 17.6 Å². The number of carboxylic acid groups (broad SMARTS) is 1. The first-order chi connectivity index (χ1) is 8.01. The summed E-state index contributed by atoms with van der Waals surface area (Å²) in [5.41, 5.74) is 1.80. The fraction of sp³-hybridized carbons (Fsp3) is 0.500. The topological polar surface area (TPSA) is 49.3 Å². The molecule has 1 aromatic rings. The zero-order valence-electron chi connectivity index (χ0n) is 10.8. The molecule has 17 heavy (non-hydrogen) atoms. The first-order valence-corrected chi connectivity index (χ1v) is 6.08. The van der Waals surface area contributed by atoms with Crippen molar-refractivity contribution in [2.24, 2.45) is 0 Å². The Labute approximate surface area is 103 Å². The maximum atomic E-state index is 10.9. The average molecular weight is 235 g/mol. The number of carboxylic acids is 1. The van der Waals surface area contributed by atoms with E-state index >= 15 is 0 Å². The van der Waals surface area contributed by atoms with Gasteiger partial charge in [0.2, 0.25) is 0 Å². The number of aliphatic carboxylic acids is 1. The molecule has 0 radical (unpaired) electrons. The predicted octanol–water partition coefficient (Wildman–Crippen LogP) is 2.55. The van der Waals surface area contributed by atoms with Gasteiger partial charge in [-0.1, -0.05) is 38.1 Å². The lowest BCUT2D eigenvalue weighted by atomic mass is 9.88. The molecule has 0 amide bonds. The second-order valence-electron chi connectivity index (χ2n) is 4.48. The van der Waals surface area contributed by atoms with E-state index in [-0.39, 0.29) is 6.42 Å². The summed E-state index contributed by atoms with van der Waals surface area (Å²) in [6.45, 7) is 6.78. The van der Waals surface area contributed by atoms with Crippen molar-refractivity contribution in [1.29, 1.82) is 0 Å². The highest BCUT2D eigenvalue weighted by molar-refractivity contribution is 5.68. The summed E-state index contributed by atoms with van der Waals surface area (Å²) < 4.78 is 0. The van der Waals surface area contributed by atoms with E-state index in [1.165, 1.54) is 5.56 Å². The Morgan fingerprint density at radius 1 is 1.29 bits per heavy atom. The van der Waals surface area contributed by atoms with E-state index in [9.17, 15) is 4.79 Å². The van der Waals surface area contributed by atoms with E-state index in [1.807, 2.05) is 26.0 Å². The molecule has 3 nitrogen and oxygen atoms in total. The molecule has 0 heterocycles. The molecule has 0 saturated carbocycles. The highest BCUT2D eigenvalue weighted by Gasteiger charge is 2.28. The number of nitrogens with one attached hydrogen (secondary N) is 1. The number of aryl methyl sites for hydroxylation is 1. The Balaban J connectivity index is 2.99. The van der Waals surface area contributed by atoms with Crippen LogP contribution in [0.25, 0.3) is 0 Å². The molecular formula is C14H21NO2. The predicted molar refractivity (Wildman–Crippen MR) is 69.1 cm³/mol. The minimum absolute atomic E-state index is 0.0896. The van der Waals surface area contributed by atoms with E-state index in [2.05, 4.69) is 24.4 Å². The van der Waals surface area contributed by atoms with Crippen molar-refractivity contribution in [3.05, 3.63) is 35.4 Å². The fourth-order valence-corrected chi connectivity index (χ4v) is 2.07. The minimum atomic E-state index is -0.784. The van der Waals surface area contributed by atoms with Gasteiger partial charge in [0.05, 0.1) is 12.0 Å². The number of hydrogen-bond acceptors (Lipinski definition) is 2.